The van der Waals surface area contributed by atoms with E-state index in [2.05, 4.69) is 45.5 Å². The average molecular weight is 443 g/mol. The SMILES string of the molecule is CCOC(=O)/C=C/c1ccc(Nc2nccc(N(C)c3ccc4c(C)n(C)nc4c3)n2)cc1. The van der Waals surface area contributed by atoms with E-state index < -0.39 is 0 Å². The summed E-state index contributed by atoms with van der Waals surface area (Å²) in [6.07, 6.45) is 4.85. The Morgan fingerprint density at radius 1 is 1.18 bits per heavy atom. The number of anilines is 4. The first-order chi connectivity index (χ1) is 15.9. The number of rotatable bonds is 7. The number of esters is 1. The molecule has 0 saturated heterocycles. The summed E-state index contributed by atoms with van der Waals surface area (Å²) in [4.78, 5) is 22.4. The molecule has 168 valence electrons. The lowest BCUT2D eigenvalue weighted by Gasteiger charge is -2.19. The van der Waals surface area contributed by atoms with Gasteiger partial charge in [0.2, 0.25) is 5.95 Å². The molecule has 8 heteroatoms. The molecule has 0 aliphatic rings. The van der Waals surface area contributed by atoms with Gasteiger partial charge < -0.3 is 15.0 Å². The number of nitrogens with zero attached hydrogens (tertiary/aromatic N) is 5. The van der Waals surface area contributed by atoms with Gasteiger partial charge in [-0.15, -0.1) is 0 Å². The Balaban J connectivity index is 1.48. The predicted molar refractivity (Wildman–Crippen MR) is 131 cm³/mol. The molecule has 2 aromatic carbocycles. The summed E-state index contributed by atoms with van der Waals surface area (Å²) in [6.45, 7) is 4.20. The van der Waals surface area contributed by atoms with Gasteiger partial charge in [0.05, 0.1) is 12.1 Å². The lowest BCUT2D eigenvalue weighted by atomic mass is 10.2. The maximum absolute atomic E-state index is 11.4. The number of ether oxygens (including phenoxy) is 1. The van der Waals surface area contributed by atoms with Crippen molar-refractivity contribution in [1.29, 1.82) is 0 Å². The Kier molecular flexibility index (Phi) is 6.35. The molecule has 0 aliphatic heterocycles. The molecule has 33 heavy (non-hydrogen) atoms. The van der Waals surface area contributed by atoms with Gasteiger partial charge >= 0.3 is 5.97 Å². The van der Waals surface area contributed by atoms with Crippen LogP contribution in [0.3, 0.4) is 0 Å². The minimum atomic E-state index is -0.355. The number of carbonyl (C=O) groups is 1. The summed E-state index contributed by atoms with van der Waals surface area (Å²) in [5.74, 6) is 0.892. The molecule has 2 aromatic heterocycles. The van der Waals surface area contributed by atoms with Gasteiger partial charge in [-0.2, -0.15) is 10.1 Å². The Labute approximate surface area is 192 Å². The zero-order valence-corrected chi connectivity index (χ0v) is 19.1. The van der Waals surface area contributed by atoms with Crippen LogP contribution in [0.2, 0.25) is 0 Å². The molecule has 0 saturated carbocycles. The molecule has 2 heterocycles. The molecule has 0 fully saturated rings. The zero-order valence-electron chi connectivity index (χ0n) is 19.1. The van der Waals surface area contributed by atoms with Crippen LogP contribution in [0.4, 0.5) is 23.1 Å². The van der Waals surface area contributed by atoms with Gasteiger partial charge in [-0.1, -0.05) is 12.1 Å². The molecule has 4 rings (SSSR count). The van der Waals surface area contributed by atoms with E-state index in [1.165, 1.54) is 6.08 Å². The molecule has 0 atom stereocenters. The van der Waals surface area contributed by atoms with E-state index in [0.29, 0.717) is 12.6 Å². The first kappa shape index (κ1) is 22.0. The highest BCUT2D eigenvalue weighted by atomic mass is 16.5. The number of fused-ring (bicyclic) bond motifs is 1. The smallest absolute Gasteiger partial charge is 0.330 e. The van der Waals surface area contributed by atoms with Crippen LogP contribution in [0.1, 0.15) is 18.2 Å². The molecule has 0 spiro atoms. The van der Waals surface area contributed by atoms with Crippen LogP contribution in [0, 0.1) is 6.92 Å². The molecular weight excluding hydrogens is 416 g/mol. The maximum Gasteiger partial charge on any atom is 0.330 e. The molecular formula is C25H26N6O2. The number of benzene rings is 2. The van der Waals surface area contributed by atoms with Gasteiger partial charge in [0.15, 0.2) is 0 Å². The highest BCUT2D eigenvalue weighted by molar-refractivity contribution is 5.87. The van der Waals surface area contributed by atoms with E-state index in [0.717, 1.165) is 39.4 Å². The van der Waals surface area contributed by atoms with Crippen molar-refractivity contribution in [2.45, 2.75) is 13.8 Å². The Bertz CT molecular complexity index is 1310. The van der Waals surface area contributed by atoms with Gasteiger partial charge in [0.1, 0.15) is 5.82 Å². The number of aryl methyl sites for hydroxylation is 2. The van der Waals surface area contributed by atoms with Gasteiger partial charge in [-0.05, 0) is 61.9 Å². The Morgan fingerprint density at radius 3 is 2.73 bits per heavy atom. The molecule has 0 aliphatic carbocycles. The largest absolute Gasteiger partial charge is 0.463 e. The maximum atomic E-state index is 11.4. The number of hydrogen-bond acceptors (Lipinski definition) is 7. The second-order valence-electron chi connectivity index (χ2n) is 7.54. The van der Waals surface area contributed by atoms with Crippen molar-refractivity contribution < 1.29 is 9.53 Å². The average Bonchev–Trinajstić information content (AvgIpc) is 3.11. The third-order valence-corrected chi connectivity index (χ3v) is 5.35. The summed E-state index contributed by atoms with van der Waals surface area (Å²) in [5.41, 5.74) is 4.80. The van der Waals surface area contributed by atoms with Crippen molar-refractivity contribution in [2.75, 3.05) is 23.9 Å². The lowest BCUT2D eigenvalue weighted by molar-refractivity contribution is -0.137. The monoisotopic (exact) mass is 442 g/mol. The summed E-state index contributed by atoms with van der Waals surface area (Å²) < 4.78 is 6.78. The van der Waals surface area contributed by atoms with E-state index in [9.17, 15) is 4.79 Å². The molecule has 0 unspecified atom stereocenters. The summed E-state index contributed by atoms with van der Waals surface area (Å²) >= 11 is 0. The second-order valence-corrected chi connectivity index (χ2v) is 7.54. The Morgan fingerprint density at radius 2 is 1.97 bits per heavy atom. The van der Waals surface area contributed by atoms with Gasteiger partial charge in [-0.25, -0.2) is 9.78 Å². The Hall–Kier alpha value is -4.20. The summed E-state index contributed by atoms with van der Waals surface area (Å²) in [6, 6.07) is 15.7. The molecule has 0 amide bonds. The van der Waals surface area contributed by atoms with Crippen LogP contribution in [0.15, 0.2) is 60.8 Å². The molecule has 1 N–H and O–H groups in total. The van der Waals surface area contributed by atoms with Crippen molar-refractivity contribution in [1.82, 2.24) is 19.7 Å². The van der Waals surface area contributed by atoms with Crippen LogP contribution >= 0.6 is 0 Å². The number of nitrogens with one attached hydrogen (secondary N) is 1. The van der Waals surface area contributed by atoms with E-state index >= 15 is 0 Å². The molecule has 0 bridgehead atoms. The zero-order chi connectivity index (χ0) is 23.4. The first-order valence-corrected chi connectivity index (χ1v) is 10.7. The topological polar surface area (TPSA) is 85.2 Å². The fourth-order valence-corrected chi connectivity index (χ4v) is 3.42. The van der Waals surface area contributed by atoms with Crippen LogP contribution in [0.25, 0.3) is 17.0 Å². The predicted octanol–water partition coefficient (Wildman–Crippen LogP) is 4.76. The lowest BCUT2D eigenvalue weighted by Crippen LogP contribution is -2.12. The van der Waals surface area contributed by atoms with Crippen molar-refractivity contribution in [3.05, 3.63) is 72.1 Å². The number of aromatic nitrogens is 4. The quantitative estimate of drug-likeness (QED) is 0.326. The van der Waals surface area contributed by atoms with Crippen molar-refractivity contribution in [3.63, 3.8) is 0 Å². The van der Waals surface area contributed by atoms with Gasteiger partial charge in [-0.3, -0.25) is 4.68 Å². The van der Waals surface area contributed by atoms with Gasteiger partial charge in [0, 0.05) is 48.8 Å². The minimum absolute atomic E-state index is 0.355. The van der Waals surface area contributed by atoms with E-state index in [4.69, 9.17) is 4.74 Å². The first-order valence-electron chi connectivity index (χ1n) is 10.7. The fraction of sp³-hybridized carbons (Fsp3) is 0.200. The van der Waals surface area contributed by atoms with Crippen LogP contribution in [0.5, 0.6) is 0 Å². The van der Waals surface area contributed by atoms with E-state index in [-0.39, 0.29) is 5.97 Å². The highest BCUT2D eigenvalue weighted by Gasteiger charge is 2.11. The number of hydrogen-bond donors (Lipinski definition) is 1. The highest BCUT2D eigenvalue weighted by Crippen LogP contribution is 2.27. The normalized spacial score (nSPS) is 11.2. The van der Waals surface area contributed by atoms with E-state index in [1.807, 2.05) is 54.0 Å². The van der Waals surface area contributed by atoms with Crippen molar-refractivity contribution in [2.24, 2.45) is 7.05 Å². The molecule has 0 radical (unpaired) electrons. The summed E-state index contributed by atoms with van der Waals surface area (Å²) in [7, 11) is 3.91. The fourth-order valence-electron chi connectivity index (χ4n) is 3.42. The second kappa shape index (κ2) is 9.52. The third kappa shape index (κ3) is 5.01. The molecule has 4 aromatic rings. The van der Waals surface area contributed by atoms with Gasteiger partial charge in [0.25, 0.3) is 0 Å². The molecule has 8 nitrogen and oxygen atoms in total. The standard InChI is InChI=1S/C25H26N6O2/c1-5-33-24(32)13-8-18-6-9-19(10-7-18)27-25-26-15-14-23(28-25)30(3)20-11-12-21-17(2)31(4)29-22(21)16-20/h6-16H,5H2,1-4H3,(H,26,27,28)/b13-8+. The van der Waals surface area contributed by atoms with Crippen LogP contribution in [-0.4, -0.2) is 39.4 Å². The van der Waals surface area contributed by atoms with Crippen LogP contribution < -0.4 is 10.2 Å². The number of carbonyl (C=O) groups excluding carboxylic acids is 1. The van der Waals surface area contributed by atoms with Crippen LogP contribution in [-0.2, 0) is 16.6 Å². The summed E-state index contributed by atoms with van der Waals surface area (Å²) in [5, 5.41) is 8.94. The minimum Gasteiger partial charge on any atom is -0.463 e. The third-order valence-electron chi connectivity index (χ3n) is 5.35. The van der Waals surface area contributed by atoms with Crippen molar-refractivity contribution in [3.8, 4) is 0 Å². The van der Waals surface area contributed by atoms with E-state index in [1.54, 1.807) is 19.2 Å². The van der Waals surface area contributed by atoms with Crippen molar-refractivity contribution >= 4 is 46.1 Å².